The van der Waals surface area contributed by atoms with Gasteiger partial charge in [-0.1, -0.05) is 13.3 Å². The minimum absolute atomic E-state index is 0.00254. The molecule has 0 saturated heterocycles. The van der Waals surface area contributed by atoms with E-state index in [0.29, 0.717) is 19.4 Å². The van der Waals surface area contributed by atoms with Crippen LogP contribution in [0.1, 0.15) is 39.5 Å². The normalized spacial score (nSPS) is 11.4. The summed E-state index contributed by atoms with van der Waals surface area (Å²) >= 11 is 0. The number of rotatable bonds is 6. The van der Waals surface area contributed by atoms with Gasteiger partial charge in [0.15, 0.2) is 0 Å². The van der Waals surface area contributed by atoms with Gasteiger partial charge in [0.2, 0.25) is 5.91 Å². The molecular formula is C11H20N2O. The second-order valence-electron chi connectivity index (χ2n) is 3.28. The lowest BCUT2D eigenvalue weighted by Crippen LogP contribution is -2.32. The first kappa shape index (κ1) is 13.0. The second-order valence-corrected chi connectivity index (χ2v) is 3.28. The minimum atomic E-state index is -0.00254. The van der Waals surface area contributed by atoms with Gasteiger partial charge >= 0.3 is 0 Å². The number of carbonyl (C=O) groups excluding carboxylic acids is 1. The van der Waals surface area contributed by atoms with Crippen LogP contribution in [0.4, 0.5) is 0 Å². The highest BCUT2D eigenvalue weighted by Gasteiger charge is 2.07. The van der Waals surface area contributed by atoms with Crippen LogP contribution in [-0.2, 0) is 4.79 Å². The molecule has 3 nitrogen and oxygen atoms in total. The Morgan fingerprint density at radius 2 is 2.29 bits per heavy atom. The van der Waals surface area contributed by atoms with E-state index in [1.54, 1.807) is 6.92 Å². The first-order valence-electron chi connectivity index (χ1n) is 5.12. The van der Waals surface area contributed by atoms with Crippen LogP contribution in [0.5, 0.6) is 0 Å². The Balaban J connectivity index is 3.48. The molecule has 1 amide bonds. The summed E-state index contributed by atoms with van der Waals surface area (Å²) in [7, 11) is 0. The molecule has 0 aliphatic heterocycles. The van der Waals surface area contributed by atoms with Crippen molar-refractivity contribution >= 4 is 5.91 Å². The number of carbonyl (C=O) groups is 1. The van der Waals surface area contributed by atoms with Crippen LogP contribution >= 0.6 is 0 Å². The third-order valence-electron chi connectivity index (χ3n) is 1.86. The van der Waals surface area contributed by atoms with Gasteiger partial charge in [-0.3, -0.25) is 4.79 Å². The van der Waals surface area contributed by atoms with Crippen molar-refractivity contribution in [2.24, 2.45) is 5.73 Å². The lowest BCUT2D eigenvalue weighted by Gasteiger charge is -2.09. The average Bonchev–Trinajstić information content (AvgIpc) is 2.13. The van der Waals surface area contributed by atoms with Crippen molar-refractivity contribution in [3.05, 3.63) is 0 Å². The Hall–Kier alpha value is -1.01. The van der Waals surface area contributed by atoms with E-state index < -0.39 is 0 Å². The van der Waals surface area contributed by atoms with Crippen molar-refractivity contribution in [1.82, 2.24) is 5.32 Å². The van der Waals surface area contributed by atoms with Gasteiger partial charge in [0.1, 0.15) is 0 Å². The molecule has 0 fully saturated rings. The molecule has 1 unspecified atom stereocenters. The van der Waals surface area contributed by atoms with Gasteiger partial charge in [-0.15, -0.1) is 11.8 Å². The number of amides is 1. The molecule has 0 aromatic carbocycles. The molecule has 3 N–H and O–H groups in total. The first-order valence-corrected chi connectivity index (χ1v) is 5.12. The Labute approximate surface area is 86.4 Å². The predicted octanol–water partition coefficient (Wildman–Crippen LogP) is 1.03. The highest BCUT2D eigenvalue weighted by molar-refractivity contribution is 5.76. The Bertz CT molecular complexity index is 215. The van der Waals surface area contributed by atoms with Gasteiger partial charge in [0.05, 0.1) is 0 Å². The van der Waals surface area contributed by atoms with Crippen LogP contribution in [0.25, 0.3) is 0 Å². The summed E-state index contributed by atoms with van der Waals surface area (Å²) < 4.78 is 0. The van der Waals surface area contributed by atoms with E-state index in [2.05, 4.69) is 24.1 Å². The molecular weight excluding hydrogens is 176 g/mol. The zero-order valence-electron chi connectivity index (χ0n) is 9.10. The molecule has 80 valence electrons. The van der Waals surface area contributed by atoms with Crippen molar-refractivity contribution in [2.75, 3.05) is 6.54 Å². The van der Waals surface area contributed by atoms with Crippen LogP contribution < -0.4 is 11.1 Å². The third-order valence-corrected chi connectivity index (χ3v) is 1.86. The number of nitrogens with one attached hydrogen (secondary N) is 1. The topological polar surface area (TPSA) is 55.1 Å². The molecule has 0 rings (SSSR count). The van der Waals surface area contributed by atoms with Gasteiger partial charge in [-0.25, -0.2) is 0 Å². The molecule has 0 aromatic rings. The number of hydrogen-bond donors (Lipinski definition) is 2. The van der Waals surface area contributed by atoms with Crippen molar-refractivity contribution < 1.29 is 4.79 Å². The Morgan fingerprint density at radius 1 is 1.57 bits per heavy atom. The molecule has 3 heteroatoms. The molecule has 0 heterocycles. The molecule has 0 aliphatic carbocycles. The number of hydrogen-bond acceptors (Lipinski definition) is 2. The van der Waals surface area contributed by atoms with E-state index in [1.807, 2.05) is 0 Å². The fraction of sp³-hybridized carbons (Fsp3) is 0.727. The van der Waals surface area contributed by atoms with Crippen LogP contribution in [0.2, 0.25) is 0 Å². The molecule has 0 bridgehead atoms. The van der Waals surface area contributed by atoms with Crippen LogP contribution in [0.15, 0.2) is 0 Å². The SMILES string of the molecule is CC#CCCNC(=O)CC(N)CCC. The summed E-state index contributed by atoms with van der Waals surface area (Å²) in [5.74, 6) is 5.69. The summed E-state index contributed by atoms with van der Waals surface area (Å²) in [6.07, 6.45) is 3.07. The molecule has 0 aliphatic rings. The maximum atomic E-state index is 11.3. The monoisotopic (exact) mass is 196 g/mol. The largest absolute Gasteiger partial charge is 0.355 e. The maximum Gasteiger partial charge on any atom is 0.221 e. The van der Waals surface area contributed by atoms with Gasteiger partial charge < -0.3 is 11.1 Å². The average molecular weight is 196 g/mol. The zero-order chi connectivity index (χ0) is 10.8. The van der Waals surface area contributed by atoms with Crippen molar-refractivity contribution in [3.8, 4) is 11.8 Å². The lowest BCUT2D eigenvalue weighted by atomic mass is 10.1. The predicted molar refractivity (Wildman–Crippen MR) is 58.6 cm³/mol. The minimum Gasteiger partial charge on any atom is -0.355 e. The van der Waals surface area contributed by atoms with E-state index in [1.165, 1.54) is 0 Å². The fourth-order valence-corrected chi connectivity index (χ4v) is 1.17. The summed E-state index contributed by atoms with van der Waals surface area (Å²) in [5.41, 5.74) is 5.73. The van der Waals surface area contributed by atoms with E-state index in [-0.39, 0.29) is 11.9 Å². The summed E-state index contributed by atoms with van der Waals surface area (Å²) in [6.45, 7) is 4.48. The Kier molecular flexibility index (Phi) is 7.96. The number of nitrogens with two attached hydrogens (primary N) is 1. The highest BCUT2D eigenvalue weighted by atomic mass is 16.1. The maximum absolute atomic E-state index is 11.3. The third kappa shape index (κ3) is 7.63. The van der Waals surface area contributed by atoms with Gasteiger partial charge in [-0.2, -0.15) is 0 Å². The highest BCUT2D eigenvalue weighted by Crippen LogP contribution is 1.97. The van der Waals surface area contributed by atoms with Crippen LogP contribution in [-0.4, -0.2) is 18.5 Å². The molecule has 1 atom stereocenters. The van der Waals surface area contributed by atoms with Crippen molar-refractivity contribution in [3.63, 3.8) is 0 Å². The second kappa shape index (κ2) is 8.58. The standard InChI is InChI=1S/C11H20N2O/c1-3-5-6-8-13-11(14)9-10(12)7-4-2/h10H,4,6-9,12H2,1-2H3,(H,13,14). The van der Waals surface area contributed by atoms with Crippen molar-refractivity contribution in [2.45, 2.75) is 45.6 Å². The lowest BCUT2D eigenvalue weighted by molar-refractivity contribution is -0.121. The quantitative estimate of drug-likeness (QED) is 0.492. The van der Waals surface area contributed by atoms with Crippen LogP contribution in [0, 0.1) is 11.8 Å². The van der Waals surface area contributed by atoms with E-state index >= 15 is 0 Å². The van der Waals surface area contributed by atoms with E-state index in [9.17, 15) is 4.79 Å². The zero-order valence-corrected chi connectivity index (χ0v) is 9.10. The first-order chi connectivity index (χ1) is 6.70. The molecule has 0 radical (unpaired) electrons. The Morgan fingerprint density at radius 3 is 2.86 bits per heavy atom. The van der Waals surface area contributed by atoms with E-state index in [0.717, 1.165) is 12.8 Å². The summed E-state index contributed by atoms with van der Waals surface area (Å²) in [5, 5.41) is 2.79. The van der Waals surface area contributed by atoms with Gasteiger partial charge in [0.25, 0.3) is 0 Å². The molecule has 0 aromatic heterocycles. The molecule has 0 saturated carbocycles. The summed E-state index contributed by atoms with van der Waals surface area (Å²) in [4.78, 5) is 11.3. The van der Waals surface area contributed by atoms with E-state index in [4.69, 9.17) is 5.73 Å². The molecule has 14 heavy (non-hydrogen) atoms. The van der Waals surface area contributed by atoms with Crippen LogP contribution in [0.3, 0.4) is 0 Å². The smallest absolute Gasteiger partial charge is 0.221 e. The van der Waals surface area contributed by atoms with Gasteiger partial charge in [-0.05, 0) is 13.3 Å². The van der Waals surface area contributed by atoms with Gasteiger partial charge in [0, 0.05) is 25.4 Å². The summed E-state index contributed by atoms with van der Waals surface area (Å²) in [6, 6.07) is -0.00254. The molecule has 0 spiro atoms. The fourth-order valence-electron chi connectivity index (χ4n) is 1.17. The van der Waals surface area contributed by atoms with Crippen molar-refractivity contribution in [1.29, 1.82) is 0 Å².